The number of H-pyrrole nitrogens is 1. The minimum Gasteiger partial charge on any atom is -0.481 e. The van der Waals surface area contributed by atoms with Crippen LogP contribution in [-0.4, -0.2) is 73.5 Å². The van der Waals surface area contributed by atoms with Crippen molar-refractivity contribution in [2.75, 3.05) is 4.90 Å². The largest absolute Gasteiger partial charge is 0.481 e. The molecule has 3 aromatic rings. The molecule has 0 fully saturated rings. The van der Waals surface area contributed by atoms with Gasteiger partial charge in [0.2, 0.25) is 23.6 Å². The number of carbonyl (C=O) groups excluding carboxylic acids is 4. The molecule has 0 bridgehead atoms. The van der Waals surface area contributed by atoms with Crippen LogP contribution in [0.15, 0.2) is 54.6 Å². The molecule has 4 amide bonds. The first-order chi connectivity index (χ1) is 21.2. The molecule has 0 radical (unpaired) electrons. The van der Waals surface area contributed by atoms with Crippen molar-refractivity contribution >= 4 is 35.3 Å². The van der Waals surface area contributed by atoms with Crippen molar-refractivity contribution in [1.82, 2.24) is 36.6 Å². The molecule has 44 heavy (non-hydrogen) atoms. The van der Waals surface area contributed by atoms with E-state index in [0.29, 0.717) is 12.1 Å². The van der Waals surface area contributed by atoms with E-state index in [-0.39, 0.29) is 43.5 Å². The minimum atomic E-state index is -1.28. The van der Waals surface area contributed by atoms with Crippen LogP contribution in [0.2, 0.25) is 0 Å². The highest BCUT2D eigenvalue weighted by Crippen LogP contribution is 2.33. The number of nitrogens with zero attached hydrogens (tertiary/aromatic N) is 4. The fourth-order valence-electron chi connectivity index (χ4n) is 5.07. The summed E-state index contributed by atoms with van der Waals surface area (Å²) in [4.78, 5) is 66.8. The van der Waals surface area contributed by atoms with E-state index in [4.69, 9.17) is 0 Å². The number of carbonyl (C=O) groups is 5. The summed E-state index contributed by atoms with van der Waals surface area (Å²) < 4.78 is 0. The predicted molar refractivity (Wildman–Crippen MR) is 158 cm³/mol. The highest BCUT2D eigenvalue weighted by atomic mass is 16.4. The smallest absolute Gasteiger partial charge is 0.303 e. The van der Waals surface area contributed by atoms with Crippen molar-refractivity contribution in [3.05, 3.63) is 71.5 Å². The van der Waals surface area contributed by atoms with Crippen molar-refractivity contribution in [3.63, 3.8) is 0 Å². The monoisotopic (exact) mass is 604 g/mol. The number of benzene rings is 2. The molecule has 0 aliphatic carbocycles. The van der Waals surface area contributed by atoms with Crippen LogP contribution >= 0.6 is 0 Å². The normalized spacial score (nSPS) is 15.9. The Balaban J connectivity index is 1.55. The number of aromatic amines is 1. The van der Waals surface area contributed by atoms with Gasteiger partial charge in [0.05, 0.1) is 13.0 Å². The van der Waals surface area contributed by atoms with Crippen molar-refractivity contribution in [3.8, 4) is 0 Å². The van der Waals surface area contributed by atoms with Gasteiger partial charge in [-0.05, 0) is 29.5 Å². The average molecular weight is 605 g/mol. The first-order valence-electron chi connectivity index (χ1n) is 14.4. The van der Waals surface area contributed by atoms with E-state index in [1.165, 1.54) is 4.90 Å². The summed E-state index contributed by atoms with van der Waals surface area (Å²) in [6.45, 7) is 3.66. The molecule has 0 saturated carbocycles. The van der Waals surface area contributed by atoms with Crippen molar-refractivity contribution in [1.29, 1.82) is 0 Å². The zero-order valence-corrected chi connectivity index (χ0v) is 24.5. The van der Waals surface area contributed by atoms with Crippen LogP contribution in [0.1, 0.15) is 50.1 Å². The molecule has 2 heterocycles. The number of nitrogens with one attached hydrogen (secondary N) is 4. The number of fused-ring (bicyclic) bond motifs is 1. The topological polar surface area (TPSA) is 199 Å². The Labute approximate surface area is 254 Å². The Morgan fingerprint density at radius 2 is 1.77 bits per heavy atom. The molecule has 1 aliphatic heterocycles. The molecule has 2 unspecified atom stereocenters. The lowest BCUT2D eigenvalue weighted by molar-refractivity contribution is -0.138. The summed E-state index contributed by atoms with van der Waals surface area (Å²) in [7, 11) is 0. The van der Waals surface area contributed by atoms with Gasteiger partial charge in [0.15, 0.2) is 5.82 Å². The van der Waals surface area contributed by atoms with Crippen LogP contribution in [-0.2, 0) is 43.4 Å². The van der Waals surface area contributed by atoms with Crippen LogP contribution in [0.25, 0.3) is 0 Å². The fraction of sp³-hybridized carbons (Fsp3) is 0.400. The van der Waals surface area contributed by atoms with E-state index in [9.17, 15) is 29.1 Å². The number of para-hydroxylation sites is 1. The van der Waals surface area contributed by atoms with Gasteiger partial charge in [-0.1, -0.05) is 74.0 Å². The van der Waals surface area contributed by atoms with Crippen LogP contribution in [0.3, 0.4) is 0 Å². The van der Waals surface area contributed by atoms with Crippen molar-refractivity contribution < 1.29 is 29.1 Å². The molecular weight excluding hydrogens is 568 g/mol. The molecule has 14 heteroatoms. The number of tetrazole rings is 1. The second-order valence-electron chi connectivity index (χ2n) is 10.7. The van der Waals surface area contributed by atoms with Gasteiger partial charge < -0.3 is 21.1 Å². The fourth-order valence-corrected chi connectivity index (χ4v) is 5.07. The highest BCUT2D eigenvalue weighted by molar-refractivity contribution is 6.07. The number of carboxylic acid groups (broad SMARTS) is 1. The van der Waals surface area contributed by atoms with Gasteiger partial charge in [-0.15, -0.1) is 10.2 Å². The summed E-state index contributed by atoms with van der Waals surface area (Å²) in [6.07, 6.45) is 0.202. The van der Waals surface area contributed by atoms with Gasteiger partial charge in [0.25, 0.3) is 0 Å². The highest BCUT2D eigenvalue weighted by Gasteiger charge is 2.42. The van der Waals surface area contributed by atoms with Crippen LogP contribution < -0.4 is 20.9 Å². The number of carboxylic acids is 1. The second-order valence-corrected chi connectivity index (χ2v) is 10.7. The Kier molecular flexibility index (Phi) is 10.7. The Bertz CT molecular complexity index is 1470. The van der Waals surface area contributed by atoms with Gasteiger partial charge in [-0.2, -0.15) is 5.21 Å². The third-order valence-electron chi connectivity index (χ3n) is 7.61. The number of amides is 4. The molecular formula is C30H36N8O6. The van der Waals surface area contributed by atoms with E-state index < -0.39 is 48.2 Å². The Morgan fingerprint density at radius 1 is 1.05 bits per heavy atom. The molecule has 5 N–H and O–H groups in total. The van der Waals surface area contributed by atoms with E-state index >= 15 is 0 Å². The van der Waals surface area contributed by atoms with E-state index in [0.717, 1.165) is 11.1 Å². The van der Waals surface area contributed by atoms with Crippen LogP contribution in [0.4, 0.5) is 5.69 Å². The summed E-state index contributed by atoms with van der Waals surface area (Å²) in [5.74, 6) is -3.28. The number of anilines is 1. The lowest BCUT2D eigenvalue weighted by Gasteiger charge is -2.31. The summed E-state index contributed by atoms with van der Waals surface area (Å²) in [6, 6.07) is 12.9. The third kappa shape index (κ3) is 8.02. The zero-order chi connectivity index (χ0) is 31.6. The molecule has 4 atom stereocenters. The van der Waals surface area contributed by atoms with Gasteiger partial charge >= 0.3 is 5.97 Å². The average Bonchev–Trinajstić information content (AvgIpc) is 3.68. The quantitative estimate of drug-likeness (QED) is 0.177. The maximum Gasteiger partial charge on any atom is 0.303 e. The predicted octanol–water partition coefficient (Wildman–Crippen LogP) is 0.897. The molecule has 0 spiro atoms. The van der Waals surface area contributed by atoms with E-state index in [2.05, 4.69) is 36.6 Å². The molecule has 14 nitrogen and oxygen atoms in total. The summed E-state index contributed by atoms with van der Waals surface area (Å²) in [5.41, 5.74) is 2.01. The van der Waals surface area contributed by atoms with E-state index in [1.807, 2.05) is 32.0 Å². The lowest BCUT2D eigenvalue weighted by Crippen LogP contribution is -2.58. The van der Waals surface area contributed by atoms with Gasteiger partial charge in [-0.25, -0.2) is 0 Å². The molecule has 4 rings (SSSR count). The minimum absolute atomic E-state index is 0.0251. The SMILES string of the molecule is CC[C@H](C)[C@H](NC(=O)Cc1ccccc1)C(=O)NC(CCC(=O)O)C(=O)N1c2ccccc2CC1C(=O)NCc1nn[nH]n1. The third-order valence-corrected chi connectivity index (χ3v) is 7.61. The van der Waals surface area contributed by atoms with Gasteiger partial charge in [0.1, 0.15) is 18.1 Å². The number of rotatable bonds is 14. The molecule has 1 aromatic heterocycles. The summed E-state index contributed by atoms with van der Waals surface area (Å²) in [5, 5.41) is 31.0. The van der Waals surface area contributed by atoms with Crippen molar-refractivity contribution in [2.45, 2.75) is 70.6 Å². The standard InChI is InChI=1S/C30H36N8O6/c1-3-18(2)27(33-25(39)15-19-9-5-4-6-10-19)29(43)32-21(13-14-26(40)41)30(44)38-22-12-8-7-11-20(22)16-23(38)28(42)31-17-24-34-36-37-35-24/h4-12,18,21,23,27H,3,13-17H2,1-2H3,(H,31,42)(H,32,43)(H,33,39)(H,40,41)(H,34,35,36,37)/t18-,21?,23?,27-/m0/s1. The molecule has 2 aromatic carbocycles. The Hall–Kier alpha value is -5.14. The number of aromatic nitrogens is 4. The first kappa shape index (κ1) is 31.8. The lowest BCUT2D eigenvalue weighted by atomic mass is 9.97. The maximum atomic E-state index is 14.1. The second kappa shape index (κ2) is 14.8. The number of hydrogen-bond acceptors (Lipinski definition) is 8. The first-order valence-corrected chi connectivity index (χ1v) is 14.4. The number of hydrogen-bond donors (Lipinski definition) is 5. The maximum absolute atomic E-state index is 14.1. The zero-order valence-electron chi connectivity index (χ0n) is 24.5. The summed E-state index contributed by atoms with van der Waals surface area (Å²) >= 11 is 0. The van der Waals surface area contributed by atoms with Gasteiger partial charge in [-0.3, -0.25) is 28.9 Å². The van der Waals surface area contributed by atoms with Crippen molar-refractivity contribution in [2.24, 2.45) is 5.92 Å². The number of aliphatic carboxylic acids is 1. The molecule has 1 aliphatic rings. The van der Waals surface area contributed by atoms with Crippen LogP contribution in [0, 0.1) is 5.92 Å². The van der Waals surface area contributed by atoms with E-state index in [1.54, 1.807) is 36.4 Å². The van der Waals surface area contributed by atoms with Crippen LogP contribution in [0.5, 0.6) is 0 Å². The Morgan fingerprint density at radius 3 is 2.45 bits per heavy atom. The molecule has 0 saturated heterocycles. The molecule has 232 valence electrons. The van der Waals surface area contributed by atoms with Gasteiger partial charge in [0, 0.05) is 18.5 Å².